The Hall–Kier alpha value is -2.37. The maximum Gasteiger partial charge on any atom is 0.257 e. The lowest BCUT2D eigenvalue weighted by molar-refractivity contribution is 0.0751. The molecule has 1 heterocycles. The van der Waals surface area contributed by atoms with Crippen LogP contribution in [0.1, 0.15) is 23.7 Å². The minimum absolute atomic E-state index is 0.00460. The maximum atomic E-state index is 13.1. The number of aliphatic hydroxyl groups excluding tert-OH is 1. The average Bonchev–Trinajstić information content (AvgIpc) is 2.94. The summed E-state index contributed by atoms with van der Waals surface area (Å²) in [6.45, 7) is 5.20. The highest BCUT2D eigenvalue weighted by Gasteiger charge is 2.24. The molecule has 26 heavy (non-hydrogen) atoms. The van der Waals surface area contributed by atoms with Crippen molar-refractivity contribution in [1.29, 1.82) is 0 Å². The minimum Gasteiger partial charge on any atom is -0.457 e. The van der Waals surface area contributed by atoms with E-state index < -0.39 is 0 Å². The fourth-order valence-electron chi connectivity index (χ4n) is 3.21. The van der Waals surface area contributed by atoms with Gasteiger partial charge in [0.1, 0.15) is 11.5 Å². The van der Waals surface area contributed by atoms with Gasteiger partial charge in [-0.05, 0) is 37.6 Å². The number of hydrogen-bond donors (Lipinski definition) is 1. The third kappa shape index (κ3) is 4.42. The van der Waals surface area contributed by atoms with Gasteiger partial charge in [-0.2, -0.15) is 0 Å². The van der Waals surface area contributed by atoms with Crippen molar-refractivity contribution < 1.29 is 14.6 Å². The molecule has 138 valence electrons. The Balaban J connectivity index is 1.74. The fourth-order valence-corrected chi connectivity index (χ4v) is 3.21. The highest BCUT2D eigenvalue weighted by Crippen LogP contribution is 2.26. The maximum absolute atomic E-state index is 13.1. The lowest BCUT2D eigenvalue weighted by atomic mass is 10.1. The zero-order valence-corrected chi connectivity index (χ0v) is 15.2. The van der Waals surface area contributed by atoms with E-state index in [0.29, 0.717) is 30.2 Å². The normalized spacial score (nSPS) is 16.8. The van der Waals surface area contributed by atoms with Crippen LogP contribution < -0.4 is 4.74 Å². The van der Waals surface area contributed by atoms with Gasteiger partial charge in [-0.25, -0.2) is 0 Å². The molecule has 2 aromatic carbocycles. The van der Waals surface area contributed by atoms with E-state index in [1.807, 2.05) is 66.4 Å². The highest BCUT2D eigenvalue weighted by atomic mass is 16.5. The number of rotatable bonds is 5. The van der Waals surface area contributed by atoms with Gasteiger partial charge in [0, 0.05) is 32.2 Å². The van der Waals surface area contributed by atoms with E-state index in [-0.39, 0.29) is 18.6 Å². The number of para-hydroxylation sites is 2. The Morgan fingerprint density at radius 2 is 1.77 bits per heavy atom. The Bertz CT molecular complexity index is 720. The molecular formula is C21H26N2O3. The van der Waals surface area contributed by atoms with E-state index in [1.165, 1.54) is 0 Å². The third-order valence-electron chi connectivity index (χ3n) is 4.79. The van der Waals surface area contributed by atoms with Gasteiger partial charge in [0.15, 0.2) is 0 Å². The summed E-state index contributed by atoms with van der Waals surface area (Å²) in [6.07, 6.45) is 0.901. The molecule has 1 saturated heterocycles. The smallest absolute Gasteiger partial charge is 0.257 e. The van der Waals surface area contributed by atoms with Gasteiger partial charge in [0.25, 0.3) is 5.91 Å². The van der Waals surface area contributed by atoms with E-state index in [0.717, 1.165) is 19.5 Å². The molecule has 1 amide bonds. The molecule has 1 fully saturated rings. The Labute approximate surface area is 154 Å². The first-order valence-electron chi connectivity index (χ1n) is 9.15. The Morgan fingerprint density at radius 3 is 2.54 bits per heavy atom. The molecule has 0 saturated carbocycles. The van der Waals surface area contributed by atoms with Crippen molar-refractivity contribution in [3.8, 4) is 11.5 Å². The predicted octanol–water partition coefficient (Wildman–Crippen LogP) is 3.01. The average molecular weight is 354 g/mol. The number of aliphatic hydroxyl groups is 1. The third-order valence-corrected chi connectivity index (χ3v) is 4.79. The topological polar surface area (TPSA) is 53.0 Å². The van der Waals surface area contributed by atoms with Gasteiger partial charge in [-0.15, -0.1) is 0 Å². The summed E-state index contributed by atoms with van der Waals surface area (Å²) in [5.41, 5.74) is 0.583. The number of nitrogens with zero attached hydrogens (tertiary/aromatic N) is 2. The van der Waals surface area contributed by atoms with E-state index >= 15 is 0 Å². The van der Waals surface area contributed by atoms with Gasteiger partial charge < -0.3 is 14.7 Å². The van der Waals surface area contributed by atoms with Crippen molar-refractivity contribution >= 4 is 5.91 Å². The van der Waals surface area contributed by atoms with Crippen LogP contribution in [0.5, 0.6) is 11.5 Å². The Kier molecular flexibility index (Phi) is 6.26. The molecule has 2 aromatic rings. The highest BCUT2D eigenvalue weighted by molar-refractivity contribution is 5.97. The van der Waals surface area contributed by atoms with Crippen LogP contribution in [0.15, 0.2) is 54.6 Å². The second kappa shape index (κ2) is 8.83. The van der Waals surface area contributed by atoms with Gasteiger partial charge in [-0.3, -0.25) is 9.69 Å². The molecule has 5 heteroatoms. The van der Waals surface area contributed by atoms with Gasteiger partial charge >= 0.3 is 0 Å². The van der Waals surface area contributed by atoms with Crippen LogP contribution in [0.25, 0.3) is 0 Å². The van der Waals surface area contributed by atoms with Crippen LogP contribution in [0.3, 0.4) is 0 Å². The monoisotopic (exact) mass is 354 g/mol. The van der Waals surface area contributed by atoms with Crippen LogP contribution in [0.2, 0.25) is 0 Å². The number of hydrogen-bond acceptors (Lipinski definition) is 4. The molecule has 5 nitrogen and oxygen atoms in total. The molecule has 1 unspecified atom stereocenters. The predicted molar refractivity (Wildman–Crippen MR) is 102 cm³/mol. The minimum atomic E-state index is -0.00460. The van der Waals surface area contributed by atoms with Crippen molar-refractivity contribution in [2.24, 2.45) is 0 Å². The van der Waals surface area contributed by atoms with Crippen LogP contribution in [0, 0.1) is 0 Å². The summed E-state index contributed by atoms with van der Waals surface area (Å²) >= 11 is 0. The number of carbonyl (C=O) groups excluding carboxylic acids is 1. The molecule has 1 N–H and O–H groups in total. The summed E-state index contributed by atoms with van der Waals surface area (Å²) in [7, 11) is 0. The second-order valence-corrected chi connectivity index (χ2v) is 6.62. The lowest BCUT2D eigenvalue weighted by Crippen LogP contribution is -2.39. The number of amides is 1. The molecule has 0 bridgehead atoms. The molecule has 3 rings (SSSR count). The summed E-state index contributed by atoms with van der Waals surface area (Å²) < 4.78 is 5.94. The lowest BCUT2D eigenvalue weighted by Gasteiger charge is -2.26. The molecule has 0 aromatic heterocycles. The molecule has 0 aliphatic carbocycles. The van der Waals surface area contributed by atoms with E-state index in [4.69, 9.17) is 4.74 Å². The van der Waals surface area contributed by atoms with Gasteiger partial charge in [0.2, 0.25) is 0 Å². The molecular weight excluding hydrogens is 328 g/mol. The molecule has 0 radical (unpaired) electrons. The zero-order chi connectivity index (χ0) is 18.4. The zero-order valence-electron chi connectivity index (χ0n) is 15.2. The van der Waals surface area contributed by atoms with Crippen LogP contribution in [0.4, 0.5) is 0 Å². The molecule has 0 spiro atoms. The number of ether oxygens (including phenoxy) is 1. The summed E-state index contributed by atoms with van der Waals surface area (Å²) in [6, 6.07) is 17.0. The van der Waals surface area contributed by atoms with Crippen LogP contribution >= 0.6 is 0 Å². The number of benzene rings is 2. The first-order valence-corrected chi connectivity index (χ1v) is 9.15. The van der Waals surface area contributed by atoms with Crippen molar-refractivity contribution in [2.45, 2.75) is 19.4 Å². The van der Waals surface area contributed by atoms with Gasteiger partial charge in [0.05, 0.1) is 12.2 Å². The summed E-state index contributed by atoms with van der Waals surface area (Å²) in [5.74, 6) is 1.29. The SMILES string of the molecule is CC(CO)N1CCCN(C(=O)c2ccccc2Oc2ccccc2)CC1. The van der Waals surface area contributed by atoms with Crippen molar-refractivity contribution in [3.63, 3.8) is 0 Å². The van der Waals surface area contributed by atoms with Crippen molar-refractivity contribution in [1.82, 2.24) is 9.80 Å². The summed E-state index contributed by atoms with van der Waals surface area (Å²) in [5, 5.41) is 9.37. The Morgan fingerprint density at radius 1 is 1.04 bits per heavy atom. The van der Waals surface area contributed by atoms with Crippen LogP contribution in [-0.2, 0) is 0 Å². The quantitative estimate of drug-likeness (QED) is 0.897. The molecule has 1 atom stereocenters. The first kappa shape index (κ1) is 18.4. The largest absolute Gasteiger partial charge is 0.457 e. The number of carbonyl (C=O) groups is 1. The standard InChI is InChI=1S/C21H26N2O3/c1-17(16-24)22-12-7-13-23(15-14-22)21(25)19-10-5-6-11-20(19)26-18-8-3-2-4-9-18/h2-6,8-11,17,24H,7,12-16H2,1H3. The fraction of sp³-hybridized carbons (Fsp3) is 0.381. The van der Waals surface area contributed by atoms with Crippen LogP contribution in [-0.4, -0.2) is 59.6 Å². The summed E-state index contributed by atoms with van der Waals surface area (Å²) in [4.78, 5) is 17.2. The van der Waals surface area contributed by atoms with Crippen molar-refractivity contribution in [3.05, 3.63) is 60.2 Å². The van der Waals surface area contributed by atoms with E-state index in [9.17, 15) is 9.90 Å². The van der Waals surface area contributed by atoms with Gasteiger partial charge in [-0.1, -0.05) is 30.3 Å². The van der Waals surface area contributed by atoms with E-state index in [1.54, 1.807) is 0 Å². The molecule has 1 aliphatic heterocycles. The second-order valence-electron chi connectivity index (χ2n) is 6.62. The van der Waals surface area contributed by atoms with E-state index in [2.05, 4.69) is 4.90 Å². The molecule has 1 aliphatic rings. The first-order chi connectivity index (χ1) is 12.7. The van der Waals surface area contributed by atoms with Crippen molar-refractivity contribution in [2.75, 3.05) is 32.8 Å².